The standard InChI is InChI=1S/C9H15NO4S/c1-7(4-11)5-15-6-8(12)10-2-3-14-9(10)13/h7,11H,2-6H2,1H3. The summed E-state index contributed by atoms with van der Waals surface area (Å²) in [7, 11) is 0. The van der Waals surface area contributed by atoms with E-state index in [0.717, 1.165) is 4.90 Å². The molecule has 1 atom stereocenters. The molecule has 5 nitrogen and oxygen atoms in total. The number of aliphatic hydroxyl groups excluding tert-OH is 1. The number of nitrogens with zero attached hydrogens (tertiary/aromatic N) is 1. The molecule has 0 aromatic rings. The number of hydrogen-bond acceptors (Lipinski definition) is 5. The molecule has 1 rings (SSSR count). The SMILES string of the molecule is CC(CO)CSCC(=O)N1CCOC1=O. The number of imide groups is 1. The van der Waals surface area contributed by atoms with Crippen LogP contribution in [-0.4, -0.2) is 53.3 Å². The van der Waals surface area contributed by atoms with E-state index in [9.17, 15) is 9.59 Å². The van der Waals surface area contributed by atoms with Gasteiger partial charge in [-0.1, -0.05) is 6.92 Å². The number of thioether (sulfide) groups is 1. The van der Waals surface area contributed by atoms with Crippen LogP contribution in [0.25, 0.3) is 0 Å². The van der Waals surface area contributed by atoms with Crippen LogP contribution in [0, 0.1) is 5.92 Å². The third kappa shape index (κ3) is 3.71. The lowest BCUT2D eigenvalue weighted by Crippen LogP contribution is -2.33. The lowest BCUT2D eigenvalue weighted by atomic mass is 10.2. The minimum atomic E-state index is -0.546. The fraction of sp³-hybridized carbons (Fsp3) is 0.778. The lowest BCUT2D eigenvalue weighted by Gasteiger charge is -2.11. The average molecular weight is 233 g/mol. The van der Waals surface area contributed by atoms with E-state index in [-0.39, 0.29) is 24.2 Å². The highest BCUT2D eigenvalue weighted by molar-refractivity contribution is 7.99. The summed E-state index contributed by atoms with van der Waals surface area (Å²) in [5, 5.41) is 8.77. The third-order valence-corrected chi connectivity index (χ3v) is 3.26. The summed E-state index contributed by atoms with van der Waals surface area (Å²) >= 11 is 1.42. The van der Waals surface area contributed by atoms with Gasteiger partial charge in [0, 0.05) is 6.61 Å². The monoisotopic (exact) mass is 233 g/mol. The van der Waals surface area contributed by atoms with Gasteiger partial charge in [-0.3, -0.25) is 4.79 Å². The maximum absolute atomic E-state index is 11.5. The first kappa shape index (κ1) is 12.3. The Morgan fingerprint density at radius 1 is 1.73 bits per heavy atom. The molecule has 0 aliphatic carbocycles. The summed E-state index contributed by atoms with van der Waals surface area (Å²) in [6.07, 6.45) is -0.546. The first-order valence-electron chi connectivity index (χ1n) is 4.81. The summed E-state index contributed by atoms with van der Waals surface area (Å²) in [4.78, 5) is 23.6. The molecule has 1 aliphatic rings. The molecular formula is C9H15NO4S. The molecule has 2 amide bonds. The number of carbonyl (C=O) groups excluding carboxylic acids is 2. The number of aliphatic hydroxyl groups is 1. The highest BCUT2D eigenvalue weighted by Gasteiger charge is 2.27. The molecule has 1 N–H and O–H groups in total. The molecule has 0 bridgehead atoms. The summed E-state index contributed by atoms with van der Waals surface area (Å²) in [5.74, 6) is 0.936. The van der Waals surface area contributed by atoms with Gasteiger partial charge in [-0.25, -0.2) is 9.69 Å². The van der Waals surface area contributed by atoms with E-state index in [0.29, 0.717) is 18.9 Å². The Hall–Kier alpha value is -0.750. The Kier molecular flexibility index (Phi) is 4.90. The molecule has 0 aromatic carbocycles. The molecule has 1 saturated heterocycles. The van der Waals surface area contributed by atoms with Gasteiger partial charge >= 0.3 is 6.09 Å². The van der Waals surface area contributed by atoms with E-state index in [1.54, 1.807) is 0 Å². The van der Waals surface area contributed by atoms with E-state index < -0.39 is 6.09 Å². The van der Waals surface area contributed by atoms with Crippen LogP contribution < -0.4 is 0 Å². The number of cyclic esters (lactones) is 1. The zero-order valence-corrected chi connectivity index (χ0v) is 9.46. The molecule has 15 heavy (non-hydrogen) atoms. The lowest BCUT2D eigenvalue weighted by molar-refractivity contribution is -0.125. The third-order valence-electron chi connectivity index (χ3n) is 2.00. The normalized spacial score (nSPS) is 17.7. The van der Waals surface area contributed by atoms with Crippen molar-refractivity contribution in [3.63, 3.8) is 0 Å². The highest BCUT2D eigenvalue weighted by Crippen LogP contribution is 2.11. The van der Waals surface area contributed by atoms with Crippen molar-refractivity contribution in [3.8, 4) is 0 Å². The molecule has 86 valence electrons. The van der Waals surface area contributed by atoms with Crippen LogP contribution in [0.1, 0.15) is 6.92 Å². The van der Waals surface area contributed by atoms with Crippen molar-refractivity contribution in [2.45, 2.75) is 6.92 Å². The van der Waals surface area contributed by atoms with Crippen molar-refractivity contribution in [3.05, 3.63) is 0 Å². The number of hydrogen-bond donors (Lipinski definition) is 1. The highest BCUT2D eigenvalue weighted by atomic mass is 32.2. The van der Waals surface area contributed by atoms with Gasteiger partial charge in [0.15, 0.2) is 0 Å². The molecule has 1 heterocycles. The van der Waals surface area contributed by atoms with Gasteiger partial charge in [-0.05, 0) is 11.7 Å². The Labute approximate surface area is 92.8 Å². The molecule has 0 aromatic heterocycles. The molecule has 0 saturated carbocycles. The zero-order valence-electron chi connectivity index (χ0n) is 8.64. The molecule has 1 fully saturated rings. The number of carbonyl (C=O) groups is 2. The van der Waals surface area contributed by atoms with Gasteiger partial charge in [0.25, 0.3) is 0 Å². The summed E-state index contributed by atoms with van der Waals surface area (Å²) in [5.41, 5.74) is 0. The van der Waals surface area contributed by atoms with Crippen LogP contribution in [-0.2, 0) is 9.53 Å². The van der Waals surface area contributed by atoms with Crippen molar-refractivity contribution in [2.24, 2.45) is 5.92 Å². The molecule has 0 radical (unpaired) electrons. The van der Waals surface area contributed by atoms with Gasteiger partial charge in [0.05, 0.1) is 12.3 Å². The van der Waals surface area contributed by atoms with Crippen LogP contribution in [0.5, 0.6) is 0 Å². The van der Waals surface area contributed by atoms with Gasteiger partial charge in [0.1, 0.15) is 6.61 Å². The Morgan fingerprint density at radius 2 is 2.47 bits per heavy atom. The first-order valence-corrected chi connectivity index (χ1v) is 5.96. The van der Waals surface area contributed by atoms with Crippen molar-refractivity contribution >= 4 is 23.8 Å². The molecule has 1 unspecified atom stereocenters. The smallest absolute Gasteiger partial charge is 0.416 e. The molecular weight excluding hydrogens is 218 g/mol. The van der Waals surface area contributed by atoms with E-state index in [1.807, 2.05) is 6.92 Å². The van der Waals surface area contributed by atoms with Crippen molar-refractivity contribution in [1.82, 2.24) is 4.90 Å². The van der Waals surface area contributed by atoms with Gasteiger partial charge < -0.3 is 9.84 Å². The largest absolute Gasteiger partial charge is 0.447 e. The second kappa shape index (κ2) is 5.97. The quantitative estimate of drug-likeness (QED) is 0.741. The van der Waals surface area contributed by atoms with Crippen molar-refractivity contribution in [1.29, 1.82) is 0 Å². The summed E-state index contributed by atoms with van der Waals surface area (Å²) in [6, 6.07) is 0. The summed E-state index contributed by atoms with van der Waals surface area (Å²) < 4.78 is 4.65. The predicted molar refractivity (Wildman–Crippen MR) is 56.6 cm³/mol. The topological polar surface area (TPSA) is 66.8 Å². The van der Waals surface area contributed by atoms with E-state index in [2.05, 4.69) is 4.74 Å². The van der Waals surface area contributed by atoms with E-state index in [1.165, 1.54) is 11.8 Å². The van der Waals surface area contributed by atoms with Gasteiger partial charge in [0.2, 0.25) is 5.91 Å². The first-order chi connectivity index (χ1) is 7.15. The van der Waals surface area contributed by atoms with Crippen LogP contribution in [0.2, 0.25) is 0 Å². The van der Waals surface area contributed by atoms with Crippen LogP contribution in [0.4, 0.5) is 4.79 Å². The molecule has 6 heteroatoms. The Bertz CT molecular complexity index is 246. The summed E-state index contributed by atoms with van der Waals surface area (Å²) in [6.45, 7) is 2.67. The van der Waals surface area contributed by atoms with Crippen LogP contribution in [0.3, 0.4) is 0 Å². The zero-order chi connectivity index (χ0) is 11.3. The fourth-order valence-corrected chi connectivity index (χ4v) is 2.05. The van der Waals surface area contributed by atoms with Crippen molar-refractivity contribution < 1.29 is 19.4 Å². The minimum Gasteiger partial charge on any atom is -0.447 e. The second-order valence-electron chi connectivity index (χ2n) is 3.46. The number of amides is 2. The molecule has 1 aliphatic heterocycles. The second-order valence-corrected chi connectivity index (χ2v) is 4.49. The van der Waals surface area contributed by atoms with Gasteiger partial charge in [-0.15, -0.1) is 0 Å². The Morgan fingerprint density at radius 3 is 3.00 bits per heavy atom. The maximum atomic E-state index is 11.5. The van der Waals surface area contributed by atoms with E-state index >= 15 is 0 Å². The van der Waals surface area contributed by atoms with Crippen LogP contribution >= 0.6 is 11.8 Å². The van der Waals surface area contributed by atoms with Crippen molar-refractivity contribution in [2.75, 3.05) is 31.3 Å². The van der Waals surface area contributed by atoms with Crippen LogP contribution in [0.15, 0.2) is 0 Å². The van der Waals surface area contributed by atoms with E-state index in [4.69, 9.17) is 5.11 Å². The minimum absolute atomic E-state index is 0.118. The number of rotatable bonds is 5. The maximum Gasteiger partial charge on any atom is 0.416 e. The predicted octanol–water partition coefficient (Wildman–Crippen LogP) is 0.327. The molecule has 0 spiro atoms. The fourth-order valence-electron chi connectivity index (χ4n) is 1.10. The number of ether oxygens (including phenoxy) is 1. The average Bonchev–Trinajstić information content (AvgIpc) is 2.64. The Balaban J connectivity index is 2.21. The van der Waals surface area contributed by atoms with Gasteiger partial charge in [-0.2, -0.15) is 11.8 Å².